The summed E-state index contributed by atoms with van der Waals surface area (Å²) in [7, 11) is 0. The van der Waals surface area contributed by atoms with Crippen molar-refractivity contribution in [3.05, 3.63) is 41.7 Å². The summed E-state index contributed by atoms with van der Waals surface area (Å²) in [5.41, 5.74) is 3.10. The summed E-state index contributed by atoms with van der Waals surface area (Å²) in [5, 5.41) is 11.4. The maximum atomic E-state index is 12.9. The summed E-state index contributed by atoms with van der Waals surface area (Å²) in [6.07, 6.45) is -1.35. The predicted molar refractivity (Wildman–Crippen MR) is 80.2 cm³/mol. The largest absolute Gasteiger partial charge is 0.479 e. The van der Waals surface area contributed by atoms with Crippen LogP contribution in [0.1, 0.15) is 31.4 Å². The number of nitrogens with zero attached hydrogens (tertiary/aromatic N) is 2. The molecule has 0 radical (unpaired) electrons. The number of benzene rings is 1. The second-order valence-corrected chi connectivity index (χ2v) is 5.27. The Morgan fingerprint density at radius 3 is 2.67 bits per heavy atom. The van der Waals surface area contributed by atoms with Crippen LogP contribution in [0.15, 0.2) is 30.6 Å². The van der Waals surface area contributed by atoms with Crippen LogP contribution in [0.4, 0.5) is 18.9 Å². The smallest absolute Gasteiger partial charge is 0.416 e. The molecule has 1 aliphatic rings. The Labute approximate surface area is 137 Å². The minimum absolute atomic E-state index is 0.470. The van der Waals surface area contributed by atoms with Gasteiger partial charge in [-0.15, -0.1) is 5.53 Å². The third-order valence-corrected chi connectivity index (χ3v) is 3.36. The van der Waals surface area contributed by atoms with Gasteiger partial charge < -0.3 is 5.11 Å². The maximum Gasteiger partial charge on any atom is 0.416 e. The van der Waals surface area contributed by atoms with Crippen molar-refractivity contribution in [2.45, 2.75) is 39.0 Å². The van der Waals surface area contributed by atoms with E-state index in [9.17, 15) is 18.0 Å². The zero-order chi connectivity index (χ0) is 17.9. The van der Waals surface area contributed by atoms with Gasteiger partial charge in [-0.3, -0.25) is 5.01 Å². The van der Waals surface area contributed by atoms with Gasteiger partial charge in [0, 0.05) is 6.20 Å². The first-order valence-electron chi connectivity index (χ1n) is 7.35. The molecule has 0 saturated heterocycles. The third-order valence-electron chi connectivity index (χ3n) is 3.36. The molecular formula is C15H18F3N3O3. The van der Waals surface area contributed by atoms with Gasteiger partial charge in [-0.1, -0.05) is 13.3 Å². The highest BCUT2D eigenvalue weighted by atomic mass is 19.4. The van der Waals surface area contributed by atoms with Crippen molar-refractivity contribution in [2.75, 3.05) is 5.01 Å². The molecule has 0 aromatic heterocycles. The lowest BCUT2D eigenvalue weighted by Crippen LogP contribution is -2.42. The molecule has 0 amide bonds. The molecule has 2 rings (SSSR count). The van der Waals surface area contributed by atoms with E-state index in [-0.39, 0.29) is 0 Å². The molecule has 0 bridgehead atoms. The van der Waals surface area contributed by atoms with Crippen LogP contribution in [-0.4, -0.2) is 22.4 Å². The molecule has 1 aromatic rings. The summed E-state index contributed by atoms with van der Waals surface area (Å²) in [5.74, 6) is -1.13. The number of aryl methyl sites for hydroxylation is 1. The van der Waals surface area contributed by atoms with Gasteiger partial charge in [0.05, 0.1) is 17.5 Å². The quantitative estimate of drug-likeness (QED) is 0.826. The van der Waals surface area contributed by atoms with E-state index in [1.165, 1.54) is 30.4 Å². The molecule has 0 aliphatic carbocycles. The molecule has 1 aromatic carbocycles. The van der Waals surface area contributed by atoms with Gasteiger partial charge in [0.2, 0.25) is 0 Å². The van der Waals surface area contributed by atoms with E-state index in [1.807, 2.05) is 6.92 Å². The average Bonchev–Trinajstić information content (AvgIpc) is 2.94. The molecule has 132 valence electrons. The number of carbonyl (C=O) groups is 1. The van der Waals surface area contributed by atoms with Crippen molar-refractivity contribution in [1.82, 2.24) is 10.7 Å². The summed E-state index contributed by atoms with van der Waals surface area (Å²) < 4.78 is 38.6. The molecule has 1 atom stereocenters. The molecular weight excluding hydrogens is 327 g/mol. The molecule has 2 N–H and O–H groups in total. The molecule has 0 spiro atoms. The number of anilines is 1. The number of carboxylic acids is 1. The van der Waals surface area contributed by atoms with Gasteiger partial charge in [0.25, 0.3) is 0 Å². The number of nitrogens with one attached hydrogen (secondary N) is 1. The first-order valence-corrected chi connectivity index (χ1v) is 7.35. The number of rotatable bonds is 6. The summed E-state index contributed by atoms with van der Waals surface area (Å²) in [4.78, 5) is 15.9. The van der Waals surface area contributed by atoms with Gasteiger partial charge >= 0.3 is 12.1 Å². The number of hydrogen-bond donors (Lipinski definition) is 2. The van der Waals surface area contributed by atoms with Crippen LogP contribution in [0.2, 0.25) is 0 Å². The average molecular weight is 345 g/mol. The highest BCUT2D eigenvalue weighted by Gasteiger charge is 2.31. The maximum absolute atomic E-state index is 12.9. The number of hydroxylamine groups is 1. The molecule has 1 unspecified atom stereocenters. The Morgan fingerprint density at radius 1 is 1.38 bits per heavy atom. The van der Waals surface area contributed by atoms with Gasteiger partial charge in [-0.25, -0.2) is 9.63 Å². The van der Waals surface area contributed by atoms with Crippen molar-refractivity contribution in [2.24, 2.45) is 0 Å². The van der Waals surface area contributed by atoms with Crippen LogP contribution in [0.5, 0.6) is 0 Å². The topological polar surface area (TPSA) is 65.0 Å². The Morgan fingerprint density at radius 2 is 2.08 bits per heavy atom. The SMILES string of the molecule is CCCc1cc(C(F)(F)F)ccc1N1C=CN(OC(C)C(=O)O)N1. The lowest BCUT2D eigenvalue weighted by Gasteiger charge is -2.25. The standard InChI is InChI=1S/C15H18F3N3O3/c1-3-4-11-9-12(15(16,17)18)5-6-13(11)20-7-8-21(19-20)24-10(2)14(22)23/h5-10,19H,3-4H2,1-2H3,(H,22,23). The number of hydrogen-bond acceptors (Lipinski definition) is 5. The zero-order valence-electron chi connectivity index (χ0n) is 13.2. The molecule has 1 heterocycles. The molecule has 1 aliphatic heterocycles. The number of alkyl halides is 3. The van der Waals surface area contributed by atoms with Gasteiger partial charge in [0.1, 0.15) is 0 Å². The highest BCUT2D eigenvalue weighted by Crippen LogP contribution is 2.33. The molecule has 9 heteroatoms. The number of carboxylic acid groups (broad SMARTS) is 1. The van der Waals surface area contributed by atoms with Crippen molar-refractivity contribution in [1.29, 1.82) is 0 Å². The number of aliphatic carboxylic acids is 1. The van der Waals surface area contributed by atoms with E-state index in [0.29, 0.717) is 24.1 Å². The summed E-state index contributed by atoms with van der Waals surface area (Å²) in [6.45, 7) is 3.24. The highest BCUT2D eigenvalue weighted by molar-refractivity contribution is 5.71. The Bertz CT molecular complexity index is 634. The van der Waals surface area contributed by atoms with E-state index in [4.69, 9.17) is 9.94 Å². The second kappa shape index (κ2) is 7.10. The minimum Gasteiger partial charge on any atom is -0.479 e. The first kappa shape index (κ1) is 18.1. The van der Waals surface area contributed by atoms with Crippen LogP contribution in [0.25, 0.3) is 0 Å². The van der Waals surface area contributed by atoms with Crippen molar-refractivity contribution >= 4 is 11.7 Å². The molecule has 24 heavy (non-hydrogen) atoms. The zero-order valence-corrected chi connectivity index (χ0v) is 13.2. The fraction of sp³-hybridized carbons (Fsp3) is 0.400. The van der Waals surface area contributed by atoms with Crippen LogP contribution in [0.3, 0.4) is 0 Å². The fourth-order valence-electron chi connectivity index (χ4n) is 2.17. The van der Waals surface area contributed by atoms with Gasteiger partial charge in [-0.2, -0.15) is 18.3 Å². The van der Waals surface area contributed by atoms with E-state index in [2.05, 4.69) is 5.53 Å². The number of hydrazine groups is 2. The predicted octanol–water partition coefficient (Wildman–Crippen LogP) is 3.08. The van der Waals surface area contributed by atoms with Crippen molar-refractivity contribution in [3.8, 4) is 0 Å². The van der Waals surface area contributed by atoms with E-state index in [0.717, 1.165) is 17.3 Å². The Kier molecular flexibility index (Phi) is 5.35. The van der Waals surface area contributed by atoms with Crippen molar-refractivity contribution in [3.63, 3.8) is 0 Å². The number of halogens is 3. The van der Waals surface area contributed by atoms with E-state index in [1.54, 1.807) is 0 Å². The summed E-state index contributed by atoms with van der Waals surface area (Å²) >= 11 is 0. The van der Waals surface area contributed by atoms with Gasteiger partial charge in [0.15, 0.2) is 6.10 Å². The molecule has 0 fully saturated rings. The molecule has 0 saturated carbocycles. The molecule has 6 nitrogen and oxygen atoms in total. The lowest BCUT2D eigenvalue weighted by atomic mass is 10.0. The fourth-order valence-corrected chi connectivity index (χ4v) is 2.17. The van der Waals surface area contributed by atoms with Crippen LogP contribution in [0, 0.1) is 0 Å². The van der Waals surface area contributed by atoms with E-state index < -0.39 is 23.8 Å². The minimum atomic E-state index is -4.40. The lowest BCUT2D eigenvalue weighted by molar-refractivity contribution is -0.201. The normalized spacial score (nSPS) is 15.9. The Balaban J connectivity index is 2.17. The van der Waals surface area contributed by atoms with Crippen LogP contribution < -0.4 is 10.5 Å². The summed E-state index contributed by atoms with van der Waals surface area (Å²) in [6, 6.07) is 3.50. The van der Waals surface area contributed by atoms with E-state index >= 15 is 0 Å². The van der Waals surface area contributed by atoms with Crippen molar-refractivity contribution < 1.29 is 27.9 Å². The monoisotopic (exact) mass is 345 g/mol. The Hall–Kier alpha value is -2.26. The van der Waals surface area contributed by atoms with Gasteiger partial charge in [-0.05, 0) is 37.1 Å². The third kappa shape index (κ3) is 4.18. The first-order chi connectivity index (χ1) is 11.2. The van der Waals surface area contributed by atoms with Crippen LogP contribution >= 0.6 is 0 Å². The van der Waals surface area contributed by atoms with Crippen LogP contribution in [-0.2, 0) is 22.2 Å². The second-order valence-electron chi connectivity index (χ2n) is 5.27.